The maximum atomic E-state index is 12.6. The second-order valence-electron chi connectivity index (χ2n) is 8.05. The van der Waals surface area contributed by atoms with Crippen molar-refractivity contribution in [3.05, 3.63) is 47.1 Å². The van der Waals surface area contributed by atoms with Crippen LogP contribution in [-0.4, -0.2) is 32.6 Å². The third-order valence-corrected chi connectivity index (χ3v) is 7.26. The van der Waals surface area contributed by atoms with Crippen LogP contribution in [0.3, 0.4) is 0 Å². The average Bonchev–Trinajstić information content (AvgIpc) is 2.75. The van der Waals surface area contributed by atoms with Crippen LogP contribution in [0.1, 0.15) is 74.6 Å². The first-order valence-corrected chi connectivity index (χ1v) is 12.4. The smallest absolute Gasteiger partial charge is 0.337 e. The summed E-state index contributed by atoms with van der Waals surface area (Å²) in [6.07, 6.45) is 15.2. The van der Waals surface area contributed by atoms with Gasteiger partial charge in [0.15, 0.2) is 0 Å². The molecular weight excluding hydrogens is 400 g/mol. The van der Waals surface area contributed by atoms with Crippen LogP contribution in [-0.2, 0) is 10.0 Å². The molecule has 3 N–H and O–H groups in total. The van der Waals surface area contributed by atoms with Crippen LogP contribution in [0.25, 0.3) is 0 Å². The Morgan fingerprint density at radius 3 is 2.13 bits per heavy atom. The summed E-state index contributed by atoms with van der Waals surface area (Å²) >= 11 is 0. The van der Waals surface area contributed by atoms with E-state index in [0.29, 0.717) is 25.2 Å². The maximum Gasteiger partial charge on any atom is 0.337 e. The van der Waals surface area contributed by atoms with Gasteiger partial charge >= 0.3 is 5.97 Å². The minimum Gasteiger partial charge on any atom is -0.478 e. The quantitative estimate of drug-likeness (QED) is 0.459. The summed E-state index contributed by atoms with van der Waals surface area (Å²) in [7, 11) is -3.75. The lowest BCUT2D eigenvalue weighted by Gasteiger charge is -2.15. The van der Waals surface area contributed by atoms with Crippen LogP contribution >= 0.6 is 0 Å². The number of carbonyl (C=O) groups is 1. The molecule has 0 bridgehead atoms. The first kappa shape index (κ1) is 22.6. The van der Waals surface area contributed by atoms with Gasteiger partial charge in [0.25, 0.3) is 0 Å². The third kappa shape index (κ3) is 6.44. The number of sulfonamides is 1. The maximum absolute atomic E-state index is 12.6. The number of rotatable bonds is 10. The van der Waals surface area contributed by atoms with E-state index in [1.165, 1.54) is 42.5 Å². The predicted molar refractivity (Wildman–Crippen MR) is 119 cm³/mol. The van der Waals surface area contributed by atoms with Gasteiger partial charge in [-0.15, -0.1) is 0 Å². The van der Waals surface area contributed by atoms with Gasteiger partial charge in [0, 0.05) is 18.8 Å². The SMILES string of the molecule is O=C(O)c1cc(S(=O)(=O)NCCC2=CCCCC2)ccc1NCCC1=CCCCC1. The number of hydrogen-bond donors (Lipinski definition) is 3. The zero-order valence-electron chi connectivity index (χ0n) is 17.5. The molecule has 3 rings (SSSR count). The van der Waals surface area contributed by atoms with Gasteiger partial charge in [0.2, 0.25) is 10.0 Å². The summed E-state index contributed by atoms with van der Waals surface area (Å²) in [5.74, 6) is -1.14. The molecule has 0 amide bonds. The summed E-state index contributed by atoms with van der Waals surface area (Å²) < 4.78 is 27.9. The first-order chi connectivity index (χ1) is 14.5. The Balaban J connectivity index is 1.61. The van der Waals surface area contributed by atoms with E-state index >= 15 is 0 Å². The summed E-state index contributed by atoms with van der Waals surface area (Å²) in [5, 5.41) is 12.7. The van der Waals surface area contributed by atoms with Gasteiger partial charge in [-0.05, 0) is 82.4 Å². The number of anilines is 1. The van der Waals surface area contributed by atoms with Gasteiger partial charge in [-0.25, -0.2) is 17.9 Å². The summed E-state index contributed by atoms with van der Waals surface area (Å²) in [6, 6.07) is 4.26. The average molecular weight is 433 g/mol. The van der Waals surface area contributed by atoms with E-state index < -0.39 is 16.0 Å². The Morgan fingerprint density at radius 2 is 1.57 bits per heavy atom. The monoisotopic (exact) mass is 432 g/mol. The summed E-state index contributed by atoms with van der Waals surface area (Å²) in [4.78, 5) is 11.7. The van der Waals surface area contributed by atoms with Crippen LogP contribution in [0.5, 0.6) is 0 Å². The van der Waals surface area contributed by atoms with Crippen molar-refractivity contribution in [3.8, 4) is 0 Å². The largest absolute Gasteiger partial charge is 0.478 e. The standard InChI is InChI=1S/C23H32N2O4S/c26-23(27)21-17-20(30(28,29)25-16-14-19-9-5-2-6-10-19)11-12-22(21)24-15-13-18-7-3-1-4-8-18/h7,9,11-12,17,24-25H,1-6,8,10,13-16H2,(H,26,27). The van der Waals surface area contributed by atoms with Crippen LogP contribution in [0, 0.1) is 0 Å². The molecule has 7 heteroatoms. The van der Waals surface area contributed by atoms with Crippen LogP contribution in [0.2, 0.25) is 0 Å². The minimum absolute atomic E-state index is 0.0157. The molecule has 0 aliphatic heterocycles. The van der Waals surface area contributed by atoms with Gasteiger partial charge in [-0.1, -0.05) is 23.3 Å². The number of nitrogens with one attached hydrogen (secondary N) is 2. The number of aromatic carboxylic acids is 1. The Hall–Kier alpha value is -2.12. The molecule has 164 valence electrons. The van der Waals surface area contributed by atoms with Crippen molar-refractivity contribution in [1.82, 2.24) is 4.72 Å². The molecule has 0 aromatic heterocycles. The fourth-order valence-corrected chi connectivity index (χ4v) is 5.13. The molecule has 1 aromatic rings. The molecule has 30 heavy (non-hydrogen) atoms. The lowest BCUT2D eigenvalue weighted by Crippen LogP contribution is -2.25. The lowest BCUT2D eigenvalue weighted by atomic mass is 9.97. The molecule has 0 spiro atoms. The van der Waals surface area contributed by atoms with E-state index in [4.69, 9.17) is 0 Å². The molecule has 6 nitrogen and oxygen atoms in total. The fourth-order valence-electron chi connectivity index (χ4n) is 4.07. The summed E-state index contributed by atoms with van der Waals surface area (Å²) in [5.41, 5.74) is 3.13. The van der Waals surface area contributed by atoms with Gasteiger partial charge in [0.05, 0.1) is 10.5 Å². The highest BCUT2D eigenvalue weighted by atomic mass is 32.2. The van der Waals surface area contributed by atoms with Gasteiger partial charge in [-0.3, -0.25) is 0 Å². The van der Waals surface area contributed by atoms with Crippen molar-refractivity contribution < 1.29 is 18.3 Å². The second kappa shape index (κ2) is 10.8. The number of benzene rings is 1. The second-order valence-corrected chi connectivity index (χ2v) is 9.82. The zero-order chi connectivity index (χ0) is 21.4. The van der Waals surface area contributed by atoms with E-state index in [-0.39, 0.29) is 10.5 Å². The molecule has 0 unspecified atom stereocenters. The molecular formula is C23H32N2O4S. The lowest BCUT2D eigenvalue weighted by molar-refractivity contribution is 0.0697. The first-order valence-electron chi connectivity index (χ1n) is 10.9. The van der Waals surface area contributed by atoms with Crippen LogP contribution in [0.15, 0.2) is 46.4 Å². The minimum atomic E-state index is -3.75. The van der Waals surface area contributed by atoms with Crippen molar-refractivity contribution in [2.24, 2.45) is 0 Å². The van der Waals surface area contributed by atoms with E-state index in [9.17, 15) is 18.3 Å². The number of allylic oxidation sites excluding steroid dienone is 2. The molecule has 2 aliphatic rings. The van der Waals surface area contributed by atoms with Crippen molar-refractivity contribution in [1.29, 1.82) is 0 Å². The van der Waals surface area contributed by atoms with Crippen molar-refractivity contribution >= 4 is 21.7 Å². The van der Waals surface area contributed by atoms with Crippen LogP contribution < -0.4 is 10.0 Å². The number of hydrogen-bond acceptors (Lipinski definition) is 4. The third-order valence-electron chi connectivity index (χ3n) is 5.80. The van der Waals surface area contributed by atoms with Gasteiger partial charge in [-0.2, -0.15) is 0 Å². The molecule has 0 saturated carbocycles. The number of carboxylic acid groups (broad SMARTS) is 1. The molecule has 2 aliphatic carbocycles. The Kier molecular flexibility index (Phi) is 8.10. The highest BCUT2D eigenvalue weighted by molar-refractivity contribution is 7.89. The highest BCUT2D eigenvalue weighted by Crippen LogP contribution is 2.24. The van der Waals surface area contributed by atoms with Crippen LogP contribution in [0.4, 0.5) is 5.69 Å². The Morgan fingerprint density at radius 1 is 0.933 bits per heavy atom. The zero-order valence-corrected chi connectivity index (χ0v) is 18.3. The predicted octanol–water partition coefficient (Wildman–Crippen LogP) is 4.86. The van der Waals surface area contributed by atoms with E-state index in [2.05, 4.69) is 22.2 Å². The van der Waals surface area contributed by atoms with Crippen molar-refractivity contribution in [2.75, 3.05) is 18.4 Å². The molecule has 0 saturated heterocycles. The summed E-state index contributed by atoms with van der Waals surface area (Å²) in [6.45, 7) is 0.956. The van der Waals surface area contributed by atoms with E-state index in [1.807, 2.05) is 0 Å². The van der Waals surface area contributed by atoms with E-state index in [1.54, 1.807) is 6.07 Å². The normalized spacial score (nSPS) is 17.2. The van der Waals surface area contributed by atoms with E-state index in [0.717, 1.165) is 38.5 Å². The molecule has 0 atom stereocenters. The molecule has 0 fully saturated rings. The number of carboxylic acids is 1. The van der Waals surface area contributed by atoms with Gasteiger partial charge < -0.3 is 10.4 Å². The Bertz CT molecular complexity index is 919. The van der Waals surface area contributed by atoms with Crippen molar-refractivity contribution in [2.45, 2.75) is 69.1 Å². The van der Waals surface area contributed by atoms with Gasteiger partial charge in [0.1, 0.15) is 0 Å². The molecule has 0 heterocycles. The van der Waals surface area contributed by atoms with Crippen molar-refractivity contribution in [3.63, 3.8) is 0 Å². The molecule has 1 aromatic carbocycles. The molecule has 0 radical (unpaired) electrons. The fraction of sp³-hybridized carbons (Fsp3) is 0.522. The Labute approximate surface area is 179 Å². The topological polar surface area (TPSA) is 95.5 Å². The highest BCUT2D eigenvalue weighted by Gasteiger charge is 2.19.